The predicted octanol–water partition coefficient (Wildman–Crippen LogP) is 3.22. The second kappa shape index (κ2) is 8.08. The van der Waals surface area contributed by atoms with E-state index in [4.69, 9.17) is 4.98 Å². The molecule has 2 aromatic carbocycles. The molecule has 2 heterocycles. The average Bonchev–Trinajstić information content (AvgIpc) is 2.75. The Morgan fingerprint density at radius 1 is 1.07 bits per heavy atom. The fourth-order valence-corrected chi connectivity index (χ4v) is 4.29. The van der Waals surface area contributed by atoms with Crippen LogP contribution in [0.2, 0.25) is 0 Å². The largest absolute Gasteiger partial charge is 0.336 e. The van der Waals surface area contributed by atoms with Crippen LogP contribution in [0.1, 0.15) is 29.1 Å². The van der Waals surface area contributed by atoms with Gasteiger partial charge in [0.15, 0.2) is 0 Å². The lowest BCUT2D eigenvalue weighted by Crippen LogP contribution is -2.49. The van der Waals surface area contributed by atoms with Crippen LogP contribution in [-0.2, 0) is 7.05 Å². The Kier molecular flexibility index (Phi) is 5.52. The Morgan fingerprint density at radius 2 is 1.79 bits per heavy atom. The summed E-state index contributed by atoms with van der Waals surface area (Å²) in [5, 5.41) is 0.635. The van der Waals surface area contributed by atoms with Gasteiger partial charge < -0.3 is 4.90 Å². The smallest absolute Gasteiger partial charge is 0.261 e. The predicted molar refractivity (Wildman–Crippen MR) is 117 cm³/mol. The number of hydrogen-bond donors (Lipinski definition) is 0. The van der Waals surface area contributed by atoms with Crippen LogP contribution >= 0.6 is 15.9 Å². The molecule has 1 aromatic heterocycles. The van der Waals surface area contributed by atoms with E-state index in [-0.39, 0.29) is 17.5 Å². The fraction of sp³-hybridized carbons (Fsp3) is 0.318. The topological polar surface area (TPSA) is 58.4 Å². The van der Waals surface area contributed by atoms with Crippen LogP contribution in [0.5, 0.6) is 0 Å². The van der Waals surface area contributed by atoms with Crippen molar-refractivity contribution in [2.45, 2.75) is 13.0 Å². The Morgan fingerprint density at radius 3 is 2.52 bits per heavy atom. The van der Waals surface area contributed by atoms with Crippen molar-refractivity contribution in [3.63, 3.8) is 0 Å². The van der Waals surface area contributed by atoms with Gasteiger partial charge in [0.1, 0.15) is 5.82 Å². The molecule has 0 saturated carbocycles. The molecule has 3 aromatic rings. The van der Waals surface area contributed by atoms with Gasteiger partial charge in [-0.05, 0) is 37.3 Å². The van der Waals surface area contributed by atoms with Crippen LogP contribution < -0.4 is 5.56 Å². The summed E-state index contributed by atoms with van der Waals surface area (Å²) in [5.74, 6) is 0.801. The summed E-state index contributed by atoms with van der Waals surface area (Å²) in [4.78, 5) is 34.4. The van der Waals surface area contributed by atoms with Crippen molar-refractivity contribution < 1.29 is 4.79 Å². The van der Waals surface area contributed by atoms with Gasteiger partial charge in [-0.3, -0.25) is 19.1 Å². The molecule has 29 heavy (non-hydrogen) atoms. The molecule has 7 heteroatoms. The van der Waals surface area contributed by atoms with Gasteiger partial charge in [-0.25, -0.2) is 4.98 Å². The quantitative estimate of drug-likeness (QED) is 0.609. The van der Waals surface area contributed by atoms with E-state index in [1.165, 1.54) is 0 Å². The van der Waals surface area contributed by atoms with Crippen LogP contribution in [-0.4, -0.2) is 51.4 Å². The zero-order chi connectivity index (χ0) is 20.5. The minimum atomic E-state index is -0.0269. The maximum absolute atomic E-state index is 12.8. The van der Waals surface area contributed by atoms with Gasteiger partial charge in [0, 0.05) is 43.3 Å². The highest BCUT2D eigenvalue weighted by Gasteiger charge is 2.27. The van der Waals surface area contributed by atoms with Gasteiger partial charge in [-0.15, -0.1) is 0 Å². The first-order valence-corrected chi connectivity index (χ1v) is 10.5. The summed E-state index contributed by atoms with van der Waals surface area (Å²) in [6, 6.07) is 14.9. The molecule has 1 aliphatic rings. The van der Waals surface area contributed by atoms with Crippen LogP contribution in [0.4, 0.5) is 0 Å². The number of aromatic nitrogens is 2. The van der Waals surface area contributed by atoms with Gasteiger partial charge in [-0.2, -0.15) is 0 Å². The van der Waals surface area contributed by atoms with Crippen LogP contribution in [0, 0.1) is 0 Å². The molecule has 6 nitrogen and oxygen atoms in total. The third-order valence-corrected chi connectivity index (χ3v) is 6.11. The molecule has 0 N–H and O–H groups in total. The number of hydrogen-bond acceptors (Lipinski definition) is 4. The molecule has 0 aliphatic carbocycles. The third-order valence-electron chi connectivity index (χ3n) is 5.61. The van der Waals surface area contributed by atoms with E-state index in [0.29, 0.717) is 24.0 Å². The summed E-state index contributed by atoms with van der Waals surface area (Å²) in [6.45, 7) is 4.85. The van der Waals surface area contributed by atoms with E-state index in [0.717, 1.165) is 28.9 Å². The van der Waals surface area contributed by atoms with E-state index >= 15 is 0 Å². The lowest BCUT2D eigenvalue weighted by molar-refractivity contribution is 0.0572. The minimum Gasteiger partial charge on any atom is -0.336 e. The van der Waals surface area contributed by atoms with Gasteiger partial charge in [0.2, 0.25) is 0 Å². The van der Waals surface area contributed by atoms with Crippen molar-refractivity contribution in [2.24, 2.45) is 7.05 Å². The first kappa shape index (κ1) is 19.8. The fourth-order valence-electron chi connectivity index (χ4n) is 3.89. The molecule has 0 spiro atoms. The number of halogens is 1. The molecule has 150 valence electrons. The molecule has 1 saturated heterocycles. The molecule has 0 radical (unpaired) electrons. The van der Waals surface area contributed by atoms with Crippen molar-refractivity contribution in [1.29, 1.82) is 0 Å². The number of carbonyl (C=O) groups excluding carboxylic acids is 1. The Labute approximate surface area is 177 Å². The molecular formula is C22H23BrN4O2. The van der Waals surface area contributed by atoms with Crippen molar-refractivity contribution in [1.82, 2.24) is 19.4 Å². The Hall–Kier alpha value is -2.51. The van der Waals surface area contributed by atoms with Crippen LogP contribution in [0.3, 0.4) is 0 Å². The summed E-state index contributed by atoms with van der Waals surface area (Å²) in [6.07, 6.45) is 0. The van der Waals surface area contributed by atoms with Crippen molar-refractivity contribution in [3.8, 4) is 0 Å². The summed E-state index contributed by atoms with van der Waals surface area (Å²) in [5.41, 5.74) is 1.39. The van der Waals surface area contributed by atoms with Crippen molar-refractivity contribution in [3.05, 3.63) is 74.7 Å². The maximum Gasteiger partial charge on any atom is 0.261 e. The number of carbonyl (C=O) groups is 1. The lowest BCUT2D eigenvalue weighted by atomic mass is 10.1. The molecule has 1 amide bonds. The third kappa shape index (κ3) is 3.84. The van der Waals surface area contributed by atoms with E-state index in [9.17, 15) is 9.59 Å². The Bertz CT molecular complexity index is 1120. The van der Waals surface area contributed by atoms with Crippen LogP contribution in [0.25, 0.3) is 10.9 Å². The first-order valence-electron chi connectivity index (χ1n) is 9.70. The number of para-hydroxylation sites is 1. The highest BCUT2D eigenvalue weighted by Crippen LogP contribution is 2.22. The normalized spacial score (nSPS) is 16.2. The monoisotopic (exact) mass is 454 g/mol. The number of piperazine rings is 1. The number of fused-ring (bicyclic) bond motifs is 1. The number of benzene rings is 2. The molecule has 1 fully saturated rings. The SMILES string of the molecule is CC(c1nc2ccccc2c(=O)n1C)N1CCN(C(=O)c2cccc(Br)c2)CC1. The molecule has 0 bridgehead atoms. The van der Waals surface area contributed by atoms with E-state index in [1.807, 2.05) is 53.4 Å². The van der Waals surface area contributed by atoms with Gasteiger partial charge in [-0.1, -0.05) is 34.1 Å². The maximum atomic E-state index is 12.8. The number of amides is 1. The molecule has 4 rings (SSSR count). The number of nitrogens with zero attached hydrogens (tertiary/aromatic N) is 4. The summed E-state index contributed by atoms with van der Waals surface area (Å²) >= 11 is 3.42. The number of rotatable bonds is 3. The van der Waals surface area contributed by atoms with Gasteiger partial charge in [0.05, 0.1) is 16.9 Å². The van der Waals surface area contributed by atoms with Crippen molar-refractivity contribution >= 4 is 32.7 Å². The summed E-state index contributed by atoms with van der Waals surface area (Å²) < 4.78 is 2.55. The standard InChI is InChI=1S/C22H23BrN4O2/c1-15(20-24-19-9-4-3-8-18(19)22(29)25(20)2)26-10-12-27(13-11-26)21(28)16-6-5-7-17(23)14-16/h3-9,14-15H,10-13H2,1-2H3. The second-order valence-electron chi connectivity index (χ2n) is 7.37. The van der Waals surface area contributed by atoms with E-state index in [2.05, 4.69) is 27.8 Å². The molecule has 1 atom stereocenters. The highest BCUT2D eigenvalue weighted by molar-refractivity contribution is 9.10. The highest BCUT2D eigenvalue weighted by atomic mass is 79.9. The summed E-state index contributed by atoms with van der Waals surface area (Å²) in [7, 11) is 1.78. The first-order chi connectivity index (χ1) is 14.0. The van der Waals surface area contributed by atoms with Crippen LogP contribution in [0.15, 0.2) is 57.8 Å². The molecule has 1 aliphatic heterocycles. The Balaban J connectivity index is 1.50. The lowest BCUT2D eigenvalue weighted by Gasteiger charge is -2.38. The van der Waals surface area contributed by atoms with Gasteiger partial charge >= 0.3 is 0 Å². The zero-order valence-electron chi connectivity index (χ0n) is 16.5. The van der Waals surface area contributed by atoms with E-state index < -0.39 is 0 Å². The second-order valence-corrected chi connectivity index (χ2v) is 8.28. The molecular weight excluding hydrogens is 432 g/mol. The minimum absolute atomic E-state index is 0.0135. The molecule has 1 unspecified atom stereocenters. The van der Waals surface area contributed by atoms with E-state index in [1.54, 1.807) is 11.6 Å². The average molecular weight is 455 g/mol. The van der Waals surface area contributed by atoms with Gasteiger partial charge in [0.25, 0.3) is 11.5 Å². The zero-order valence-corrected chi connectivity index (χ0v) is 18.1. The van der Waals surface area contributed by atoms with Crippen molar-refractivity contribution in [2.75, 3.05) is 26.2 Å².